The van der Waals surface area contributed by atoms with Crippen LogP contribution in [0.2, 0.25) is 0 Å². The van der Waals surface area contributed by atoms with Gasteiger partial charge in [0.25, 0.3) is 0 Å². The molecule has 0 spiro atoms. The summed E-state index contributed by atoms with van der Waals surface area (Å²) in [6.07, 6.45) is 2.54. The van der Waals surface area contributed by atoms with Crippen molar-refractivity contribution in [3.63, 3.8) is 0 Å². The highest BCUT2D eigenvalue weighted by atomic mass is 15.2. The Morgan fingerprint density at radius 1 is 1.33 bits per heavy atom. The van der Waals surface area contributed by atoms with E-state index in [9.17, 15) is 0 Å². The van der Waals surface area contributed by atoms with Crippen molar-refractivity contribution in [2.75, 3.05) is 26.2 Å². The van der Waals surface area contributed by atoms with Gasteiger partial charge in [-0.25, -0.2) is 0 Å². The lowest BCUT2D eigenvalue weighted by Crippen LogP contribution is -2.36. The lowest BCUT2D eigenvalue weighted by Gasteiger charge is -2.24. The number of hydrogen-bond donors (Lipinski definition) is 1. The Hall–Kier alpha value is -0.860. The SMILES string of the molecule is CC1CN(CCC(C)c2ccccc2)CCCN1. The molecule has 2 unspecified atom stereocenters. The third-order valence-electron chi connectivity index (χ3n) is 3.92. The summed E-state index contributed by atoms with van der Waals surface area (Å²) >= 11 is 0. The minimum absolute atomic E-state index is 0.638. The lowest BCUT2D eigenvalue weighted by molar-refractivity contribution is 0.263. The van der Waals surface area contributed by atoms with Crippen LogP contribution in [0.4, 0.5) is 0 Å². The van der Waals surface area contributed by atoms with Crippen LogP contribution in [-0.2, 0) is 0 Å². The van der Waals surface area contributed by atoms with E-state index in [1.807, 2.05) is 0 Å². The Morgan fingerprint density at radius 2 is 2.11 bits per heavy atom. The van der Waals surface area contributed by atoms with Gasteiger partial charge >= 0.3 is 0 Å². The van der Waals surface area contributed by atoms with Crippen LogP contribution in [0.5, 0.6) is 0 Å². The third kappa shape index (κ3) is 4.11. The number of benzene rings is 1. The molecule has 1 heterocycles. The van der Waals surface area contributed by atoms with E-state index in [0.717, 1.165) is 0 Å². The molecule has 1 fully saturated rings. The largest absolute Gasteiger partial charge is 0.313 e. The van der Waals surface area contributed by atoms with E-state index in [1.54, 1.807) is 0 Å². The van der Waals surface area contributed by atoms with Gasteiger partial charge in [0.05, 0.1) is 0 Å². The molecule has 1 aliphatic heterocycles. The monoisotopic (exact) mass is 246 g/mol. The van der Waals surface area contributed by atoms with Gasteiger partial charge in [0.1, 0.15) is 0 Å². The normalized spacial score (nSPS) is 23.6. The van der Waals surface area contributed by atoms with Crippen molar-refractivity contribution in [2.24, 2.45) is 0 Å². The Bertz CT molecular complexity index is 336. The molecule has 0 amide bonds. The van der Waals surface area contributed by atoms with E-state index in [2.05, 4.69) is 54.4 Å². The van der Waals surface area contributed by atoms with Gasteiger partial charge in [-0.05, 0) is 50.9 Å². The van der Waals surface area contributed by atoms with E-state index in [0.29, 0.717) is 12.0 Å². The quantitative estimate of drug-likeness (QED) is 0.879. The Labute approximate surface area is 111 Å². The molecule has 0 bridgehead atoms. The maximum absolute atomic E-state index is 3.55. The first-order valence-electron chi connectivity index (χ1n) is 7.26. The van der Waals surface area contributed by atoms with Crippen molar-refractivity contribution in [2.45, 2.75) is 38.6 Å². The van der Waals surface area contributed by atoms with Crippen LogP contribution < -0.4 is 5.32 Å². The maximum atomic E-state index is 3.55. The topological polar surface area (TPSA) is 15.3 Å². The first-order valence-corrected chi connectivity index (χ1v) is 7.26. The highest BCUT2D eigenvalue weighted by molar-refractivity contribution is 5.18. The van der Waals surface area contributed by atoms with Gasteiger partial charge in [-0.3, -0.25) is 0 Å². The maximum Gasteiger partial charge on any atom is 0.0166 e. The zero-order chi connectivity index (χ0) is 12.8. The molecule has 2 rings (SSSR count). The molecule has 1 saturated heterocycles. The fraction of sp³-hybridized carbons (Fsp3) is 0.625. The minimum atomic E-state index is 0.638. The van der Waals surface area contributed by atoms with Gasteiger partial charge < -0.3 is 10.2 Å². The van der Waals surface area contributed by atoms with E-state index >= 15 is 0 Å². The first-order chi connectivity index (χ1) is 8.75. The molecule has 18 heavy (non-hydrogen) atoms. The predicted molar refractivity (Wildman–Crippen MR) is 78.0 cm³/mol. The first kappa shape index (κ1) is 13.6. The van der Waals surface area contributed by atoms with Gasteiger partial charge in [-0.1, -0.05) is 37.3 Å². The molecule has 0 radical (unpaired) electrons. The van der Waals surface area contributed by atoms with Crippen molar-refractivity contribution in [1.29, 1.82) is 0 Å². The zero-order valence-electron chi connectivity index (χ0n) is 11.7. The molecule has 100 valence electrons. The predicted octanol–water partition coefficient (Wildman–Crippen LogP) is 2.86. The molecule has 1 aliphatic rings. The Morgan fingerprint density at radius 3 is 2.89 bits per heavy atom. The Kier molecular flexibility index (Phi) is 5.21. The standard InChI is InChI=1S/C16H26N2/c1-14(16-7-4-3-5-8-16)9-12-18-11-6-10-17-15(2)13-18/h3-5,7-8,14-15,17H,6,9-13H2,1-2H3. The van der Waals surface area contributed by atoms with E-state index in [-0.39, 0.29) is 0 Å². The molecular formula is C16H26N2. The summed E-state index contributed by atoms with van der Waals surface area (Å²) in [4.78, 5) is 2.62. The molecule has 2 atom stereocenters. The average molecular weight is 246 g/mol. The van der Waals surface area contributed by atoms with Crippen molar-refractivity contribution in [3.05, 3.63) is 35.9 Å². The smallest absolute Gasteiger partial charge is 0.0166 e. The number of nitrogens with one attached hydrogen (secondary N) is 1. The molecule has 2 nitrogen and oxygen atoms in total. The summed E-state index contributed by atoms with van der Waals surface area (Å²) in [7, 11) is 0. The fourth-order valence-electron chi connectivity index (χ4n) is 2.72. The lowest BCUT2D eigenvalue weighted by atomic mass is 9.97. The van der Waals surface area contributed by atoms with E-state index in [1.165, 1.54) is 44.6 Å². The van der Waals surface area contributed by atoms with Crippen LogP contribution in [0.3, 0.4) is 0 Å². The minimum Gasteiger partial charge on any atom is -0.313 e. The van der Waals surface area contributed by atoms with Crippen LogP contribution in [-0.4, -0.2) is 37.1 Å². The molecule has 1 aromatic carbocycles. The van der Waals surface area contributed by atoms with Gasteiger partial charge in [-0.2, -0.15) is 0 Å². The summed E-state index contributed by atoms with van der Waals surface area (Å²) < 4.78 is 0. The summed E-state index contributed by atoms with van der Waals surface area (Å²) in [5.41, 5.74) is 1.47. The molecule has 0 aliphatic carbocycles. The molecular weight excluding hydrogens is 220 g/mol. The second-order valence-electron chi connectivity index (χ2n) is 5.61. The summed E-state index contributed by atoms with van der Waals surface area (Å²) in [6.45, 7) is 9.47. The second-order valence-corrected chi connectivity index (χ2v) is 5.61. The van der Waals surface area contributed by atoms with Gasteiger partial charge in [0.2, 0.25) is 0 Å². The highest BCUT2D eigenvalue weighted by Gasteiger charge is 2.14. The summed E-state index contributed by atoms with van der Waals surface area (Å²) in [5, 5.41) is 3.55. The van der Waals surface area contributed by atoms with E-state index < -0.39 is 0 Å². The van der Waals surface area contributed by atoms with Crippen LogP contribution in [0.1, 0.15) is 38.2 Å². The number of nitrogens with zero attached hydrogens (tertiary/aromatic N) is 1. The van der Waals surface area contributed by atoms with E-state index in [4.69, 9.17) is 0 Å². The molecule has 1 aromatic rings. The molecule has 0 saturated carbocycles. The van der Waals surface area contributed by atoms with Crippen LogP contribution in [0.25, 0.3) is 0 Å². The van der Waals surface area contributed by atoms with Gasteiger partial charge in [-0.15, -0.1) is 0 Å². The van der Waals surface area contributed by atoms with Crippen molar-refractivity contribution >= 4 is 0 Å². The van der Waals surface area contributed by atoms with Crippen molar-refractivity contribution in [3.8, 4) is 0 Å². The third-order valence-corrected chi connectivity index (χ3v) is 3.92. The highest BCUT2D eigenvalue weighted by Crippen LogP contribution is 2.19. The number of hydrogen-bond acceptors (Lipinski definition) is 2. The second kappa shape index (κ2) is 6.91. The van der Waals surface area contributed by atoms with Crippen LogP contribution >= 0.6 is 0 Å². The molecule has 2 heteroatoms. The Balaban J connectivity index is 1.80. The van der Waals surface area contributed by atoms with Crippen molar-refractivity contribution in [1.82, 2.24) is 10.2 Å². The van der Waals surface area contributed by atoms with Crippen molar-refractivity contribution < 1.29 is 0 Å². The van der Waals surface area contributed by atoms with Crippen LogP contribution in [0.15, 0.2) is 30.3 Å². The van der Waals surface area contributed by atoms with Crippen LogP contribution in [0, 0.1) is 0 Å². The average Bonchev–Trinajstić information content (AvgIpc) is 2.61. The van der Waals surface area contributed by atoms with Gasteiger partial charge in [0.15, 0.2) is 0 Å². The zero-order valence-corrected chi connectivity index (χ0v) is 11.7. The fourth-order valence-corrected chi connectivity index (χ4v) is 2.72. The molecule has 1 N–H and O–H groups in total. The van der Waals surface area contributed by atoms with Gasteiger partial charge in [0, 0.05) is 12.6 Å². The summed E-state index contributed by atoms with van der Waals surface area (Å²) in [5.74, 6) is 0.665. The number of rotatable bonds is 4. The molecule has 0 aromatic heterocycles. The summed E-state index contributed by atoms with van der Waals surface area (Å²) in [6, 6.07) is 11.5.